The maximum atomic E-state index is 13.5. The third-order valence-corrected chi connectivity index (χ3v) is 19.6. The Morgan fingerprint density at radius 3 is 0.984 bits per heavy atom. The van der Waals surface area contributed by atoms with Gasteiger partial charge in [-0.3, -0.25) is 0 Å². The van der Waals surface area contributed by atoms with Gasteiger partial charge in [0.15, 0.2) is 0 Å². The molecule has 0 saturated heterocycles. The fourth-order valence-electron chi connectivity index (χ4n) is 8.45. The van der Waals surface area contributed by atoms with Crippen LogP contribution in [-0.4, -0.2) is 13.9 Å². The first-order valence-electron chi connectivity index (χ1n) is 25.4. The van der Waals surface area contributed by atoms with Gasteiger partial charge in [-0.1, -0.05) is 143 Å². The number of halogens is 4. The van der Waals surface area contributed by atoms with Gasteiger partial charge < -0.3 is 0 Å². The molecule has 0 spiro atoms. The topological polar surface area (TPSA) is 43.4 Å². The summed E-state index contributed by atoms with van der Waals surface area (Å²) in [4.78, 5) is 0. The Kier molecular flexibility index (Phi) is 32.3. The summed E-state index contributed by atoms with van der Waals surface area (Å²) in [6, 6.07) is 14.9. The van der Waals surface area contributed by atoms with Crippen molar-refractivity contribution in [3.63, 3.8) is 0 Å². The molecule has 3 nitrogen and oxygen atoms in total. The molecule has 61 heavy (non-hydrogen) atoms. The quantitative estimate of drug-likeness (QED) is 0.0380. The number of aryl methyl sites for hydroxylation is 2. The third kappa shape index (κ3) is 27.7. The molecule has 0 aliphatic rings. The Hall–Kier alpha value is -1.13. The van der Waals surface area contributed by atoms with E-state index in [4.69, 9.17) is 2.51 Å². The number of alkyl halides is 3. The van der Waals surface area contributed by atoms with Crippen molar-refractivity contribution in [1.82, 2.24) is 0 Å². The maximum absolute atomic E-state index is 13.5. The molecule has 2 aromatic rings. The van der Waals surface area contributed by atoms with Gasteiger partial charge in [-0.05, 0) is 11.8 Å². The molecule has 2 atom stereocenters. The molecule has 2 aromatic carbocycles. The number of hydrogen-bond donors (Lipinski definition) is 0. The number of benzene rings is 2. The van der Waals surface area contributed by atoms with E-state index in [2.05, 4.69) is 27.7 Å². The van der Waals surface area contributed by atoms with Crippen LogP contribution in [0, 0.1) is 19.0 Å². The minimum absolute atomic E-state index is 0.549. The van der Waals surface area contributed by atoms with E-state index in [-0.39, 0.29) is 0 Å². The van der Waals surface area contributed by atoms with Crippen LogP contribution in [0.2, 0.25) is 0 Å². The van der Waals surface area contributed by atoms with Gasteiger partial charge in [0.05, 0.1) is 0 Å². The number of hydrogen-bond acceptors (Lipinski definition) is 3. The van der Waals surface area contributed by atoms with E-state index in [0.29, 0.717) is 7.14 Å². The second kappa shape index (κ2) is 35.2. The molecule has 0 amide bonds. The Morgan fingerprint density at radius 2 is 0.705 bits per heavy atom. The van der Waals surface area contributed by atoms with Crippen LogP contribution in [0.15, 0.2) is 48.5 Å². The van der Waals surface area contributed by atoms with Gasteiger partial charge in [0.2, 0.25) is 0 Å². The van der Waals surface area contributed by atoms with Gasteiger partial charge >= 0.3 is 229 Å². The molecule has 0 aromatic heterocycles. The molecular weight excluding hydrogens is 901 g/mol. The van der Waals surface area contributed by atoms with Crippen LogP contribution in [0.4, 0.5) is 13.2 Å². The first-order valence-corrected chi connectivity index (χ1v) is 29.8. The molecule has 0 radical (unpaired) electrons. The molecular formula is C53H90F3IO3S. The van der Waals surface area contributed by atoms with Crippen LogP contribution in [0.3, 0.4) is 0 Å². The monoisotopic (exact) mass is 991 g/mol. The summed E-state index contributed by atoms with van der Waals surface area (Å²) in [5.74, 6) is 1.66. The molecule has 0 heterocycles. The summed E-state index contributed by atoms with van der Waals surface area (Å²) < 4.78 is 71.1. The van der Waals surface area contributed by atoms with E-state index in [1.54, 1.807) is 24.3 Å². The molecule has 2 rings (SSSR count). The Balaban J connectivity index is 1.68. The van der Waals surface area contributed by atoms with Crippen molar-refractivity contribution in [3.8, 4) is 0 Å². The fraction of sp³-hybridized carbons (Fsp3) is 0.774. The van der Waals surface area contributed by atoms with E-state index in [9.17, 15) is 21.6 Å². The van der Waals surface area contributed by atoms with Crippen molar-refractivity contribution in [3.05, 3.63) is 66.8 Å². The minimum atomic E-state index is -5.73. The normalized spacial score (nSPS) is 13.5. The summed E-state index contributed by atoms with van der Waals surface area (Å²) in [6.07, 6.45) is 44.0. The van der Waals surface area contributed by atoms with Crippen LogP contribution < -0.4 is 0 Å². The molecule has 0 fully saturated rings. The molecule has 354 valence electrons. The van der Waals surface area contributed by atoms with Crippen molar-refractivity contribution in [1.29, 1.82) is 0 Å². The van der Waals surface area contributed by atoms with Crippen LogP contribution in [0.1, 0.15) is 244 Å². The number of rotatable bonds is 40. The first kappa shape index (κ1) is 56.0. The van der Waals surface area contributed by atoms with E-state index in [1.807, 2.05) is 24.3 Å². The van der Waals surface area contributed by atoms with Crippen molar-refractivity contribution in [2.45, 2.75) is 252 Å². The Labute approximate surface area is 382 Å². The summed E-state index contributed by atoms with van der Waals surface area (Å²) in [6.45, 7) is 9.38. The van der Waals surface area contributed by atoms with E-state index in [0.717, 1.165) is 61.5 Å². The molecule has 0 N–H and O–H groups in total. The molecule has 0 saturated carbocycles. The second-order valence-corrected chi connectivity index (χ2v) is 25.0. The molecule has 8 heteroatoms. The molecule has 0 aliphatic carbocycles. The van der Waals surface area contributed by atoms with Crippen LogP contribution >= 0.6 is 20.2 Å². The predicted molar refractivity (Wildman–Crippen MR) is 265 cm³/mol. The summed E-state index contributed by atoms with van der Waals surface area (Å²) in [5, 5.41) is 0. The average molecular weight is 991 g/mol. The Morgan fingerprint density at radius 1 is 0.443 bits per heavy atom. The van der Waals surface area contributed by atoms with Gasteiger partial charge in [-0.25, -0.2) is 0 Å². The van der Waals surface area contributed by atoms with Crippen molar-refractivity contribution >= 4 is 30.4 Å². The second-order valence-electron chi connectivity index (χ2n) is 18.5. The van der Waals surface area contributed by atoms with E-state index < -0.39 is 35.9 Å². The van der Waals surface area contributed by atoms with Crippen molar-refractivity contribution in [2.75, 3.05) is 0 Å². The zero-order valence-corrected chi connectivity index (χ0v) is 42.4. The van der Waals surface area contributed by atoms with E-state index in [1.165, 1.54) is 180 Å². The van der Waals surface area contributed by atoms with Gasteiger partial charge in [0.25, 0.3) is 0 Å². The molecule has 0 bridgehead atoms. The SMILES string of the molecule is CCCCCCCCCCC(C)CCCCCCCCc1ccc(I(OS(=O)(=O)C(F)(F)F)c2ccc(CCCCCCCCC(C)CCCCCCCCCC)cc2)cc1. The van der Waals surface area contributed by atoms with Crippen LogP contribution in [0.5, 0.6) is 0 Å². The zero-order chi connectivity index (χ0) is 44.4. The summed E-state index contributed by atoms with van der Waals surface area (Å²) in [7, 11) is -5.73. The van der Waals surface area contributed by atoms with E-state index >= 15 is 0 Å². The summed E-state index contributed by atoms with van der Waals surface area (Å²) >= 11 is -3.40. The van der Waals surface area contributed by atoms with Gasteiger partial charge in [-0.2, -0.15) is 0 Å². The fourth-order valence-corrected chi connectivity index (χ4v) is 14.9. The molecule has 0 aliphatic heterocycles. The zero-order valence-electron chi connectivity index (χ0n) is 39.5. The van der Waals surface area contributed by atoms with Crippen LogP contribution in [-0.2, 0) is 25.5 Å². The van der Waals surface area contributed by atoms with Crippen LogP contribution in [0.25, 0.3) is 0 Å². The van der Waals surface area contributed by atoms with Crippen molar-refractivity contribution < 1.29 is 24.1 Å². The summed E-state index contributed by atoms with van der Waals surface area (Å²) in [5.41, 5.74) is -3.22. The van der Waals surface area contributed by atoms with Gasteiger partial charge in [-0.15, -0.1) is 0 Å². The Bertz CT molecular complexity index is 1330. The van der Waals surface area contributed by atoms with Gasteiger partial charge in [0.1, 0.15) is 0 Å². The average Bonchev–Trinajstić information content (AvgIpc) is 3.24. The number of unbranched alkanes of at least 4 members (excludes halogenated alkanes) is 24. The standard InChI is InChI=1S/C53H90F3IO3S/c1-5-7-9-11-13-15-21-27-33-47(3)35-29-23-17-19-25-31-37-49-39-43-51(44-40-49)57(60-61(58,59)53(54,55)56)52-45-41-50(42-46-52)38-32-26-20-18-24-30-36-48(4)34-28-22-16-14-12-10-8-6-2/h39-48H,5-38H2,1-4H3. The van der Waals surface area contributed by atoms with Crippen molar-refractivity contribution in [2.24, 2.45) is 11.8 Å². The van der Waals surface area contributed by atoms with Gasteiger partial charge in [0, 0.05) is 0 Å². The predicted octanol–water partition coefficient (Wildman–Crippen LogP) is 18.9. The third-order valence-electron chi connectivity index (χ3n) is 12.6. The first-order chi connectivity index (χ1) is 29.5. The molecule has 2 unspecified atom stereocenters.